The van der Waals surface area contributed by atoms with Crippen LogP contribution in [0.1, 0.15) is 12.8 Å². The first-order chi connectivity index (χ1) is 12.5. The zero-order valence-corrected chi connectivity index (χ0v) is 16.1. The molecule has 1 aromatic carbocycles. The number of nitrogen functional groups attached to an aromatic ring is 1. The Kier molecular flexibility index (Phi) is 5.80. The molecule has 7 heteroatoms. The molecule has 0 unspecified atom stereocenters. The van der Waals surface area contributed by atoms with Crippen molar-refractivity contribution in [2.45, 2.75) is 12.8 Å². The third-order valence-corrected chi connectivity index (χ3v) is 4.81. The molecule has 1 aliphatic carbocycles. The minimum atomic E-state index is 0.586. The Balaban J connectivity index is 1.74. The number of nitrogens with zero attached hydrogens (tertiary/aromatic N) is 4. The number of anilines is 4. The minimum absolute atomic E-state index is 0.586. The number of nitrogens with one attached hydrogen (secondary N) is 1. The molecule has 1 aliphatic rings. The van der Waals surface area contributed by atoms with Crippen LogP contribution >= 0.6 is 11.9 Å². The number of rotatable bonds is 6. The quantitative estimate of drug-likeness (QED) is 0.590. The molecule has 3 N–H and O–H groups in total. The second-order valence-corrected chi connectivity index (χ2v) is 7.66. The molecule has 136 valence electrons. The average Bonchev–Trinajstić information content (AvgIpc) is 2.62. The highest BCUT2D eigenvalue weighted by atomic mass is 32.2. The van der Waals surface area contributed by atoms with Gasteiger partial charge in [0, 0.05) is 35.2 Å². The van der Waals surface area contributed by atoms with Gasteiger partial charge in [0.1, 0.15) is 5.82 Å². The molecule has 0 saturated carbocycles. The fraction of sp³-hybridized carbons (Fsp3) is 0.263. The molecule has 3 rings (SSSR count). The molecule has 26 heavy (non-hydrogen) atoms. The monoisotopic (exact) mass is 368 g/mol. The highest BCUT2D eigenvalue weighted by molar-refractivity contribution is 8.00. The highest BCUT2D eigenvalue weighted by Gasteiger charge is 2.10. The third-order valence-electron chi connectivity index (χ3n) is 3.89. The summed E-state index contributed by atoms with van der Waals surface area (Å²) >= 11 is 1.75. The second kappa shape index (κ2) is 8.25. The first-order valence-corrected chi connectivity index (χ1v) is 9.24. The summed E-state index contributed by atoms with van der Waals surface area (Å²) < 4.78 is 2.10. The summed E-state index contributed by atoms with van der Waals surface area (Å²) in [6.07, 6.45) is 8.18. The first-order valence-electron chi connectivity index (χ1n) is 8.46. The van der Waals surface area contributed by atoms with E-state index in [1.165, 1.54) is 4.91 Å². The van der Waals surface area contributed by atoms with Gasteiger partial charge in [-0.2, -0.15) is 4.98 Å². The van der Waals surface area contributed by atoms with E-state index >= 15 is 0 Å². The van der Waals surface area contributed by atoms with Gasteiger partial charge in [0.25, 0.3) is 0 Å². The van der Waals surface area contributed by atoms with Gasteiger partial charge < -0.3 is 16.0 Å². The van der Waals surface area contributed by atoms with E-state index in [1.54, 1.807) is 18.1 Å². The summed E-state index contributed by atoms with van der Waals surface area (Å²) in [5, 5.41) is 3.32. The van der Waals surface area contributed by atoms with Gasteiger partial charge in [-0.05, 0) is 75.3 Å². The second-order valence-electron chi connectivity index (χ2n) is 6.23. The minimum Gasteiger partial charge on any atom is -0.399 e. The largest absolute Gasteiger partial charge is 0.399 e. The lowest BCUT2D eigenvalue weighted by Gasteiger charge is -2.20. The molecule has 0 amide bonds. The van der Waals surface area contributed by atoms with Gasteiger partial charge in [-0.25, -0.2) is 4.98 Å². The van der Waals surface area contributed by atoms with Crippen LogP contribution in [0.4, 0.5) is 23.1 Å². The summed E-state index contributed by atoms with van der Waals surface area (Å²) in [5.74, 6) is 1.40. The van der Waals surface area contributed by atoms with E-state index in [4.69, 9.17) is 5.73 Å². The molecule has 0 radical (unpaired) electrons. The maximum atomic E-state index is 5.76. The number of hydrogen-bond acceptors (Lipinski definition) is 7. The summed E-state index contributed by atoms with van der Waals surface area (Å²) in [4.78, 5) is 12.3. The zero-order chi connectivity index (χ0) is 18.5. The topological polar surface area (TPSA) is 70.3 Å². The molecule has 0 bridgehead atoms. The van der Waals surface area contributed by atoms with E-state index in [0.29, 0.717) is 5.95 Å². The smallest absolute Gasteiger partial charge is 0.229 e. The molecule has 0 spiro atoms. The number of nitrogens with two attached hydrogens (primary N) is 1. The van der Waals surface area contributed by atoms with Gasteiger partial charge in [-0.15, -0.1) is 0 Å². The van der Waals surface area contributed by atoms with Crippen LogP contribution in [0.3, 0.4) is 0 Å². The van der Waals surface area contributed by atoms with Gasteiger partial charge in [0.05, 0.1) is 0 Å². The van der Waals surface area contributed by atoms with Gasteiger partial charge in [0.2, 0.25) is 5.95 Å². The molecule has 0 fully saturated rings. The standard InChI is InChI=1S/C19H24N6S/c1-24(2)26-17-6-4-5-15(13-17)22-19-21-12-11-18(23-19)25(3)16-9-7-14(20)8-10-16/h5,7-13H,4,6,20H2,1-3H3,(H,21,22,23). The Bertz CT molecular complexity index is 813. The molecular weight excluding hydrogens is 344 g/mol. The number of benzene rings is 1. The Hall–Kier alpha value is -2.51. The SMILES string of the molecule is CN(C)SC1=CC(Nc2nccc(N(C)c3ccc(N)cc3)n2)=CCC1. The van der Waals surface area contributed by atoms with E-state index < -0.39 is 0 Å². The normalized spacial score (nSPS) is 14.0. The Morgan fingerprint density at radius 2 is 1.88 bits per heavy atom. The van der Waals surface area contributed by atoms with E-state index in [0.717, 1.165) is 35.7 Å². The van der Waals surface area contributed by atoms with Crippen molar-refractivity contribution in [3.05, 3.63) is 59.3 Å². The number of allylic oxidation sites excluding steroid dienone is 3. The summed E-state index contributed by atoms with van der Waals surface area (Å²) in [7, 11) is 6.08. The van der Waals surface area contributed by atoms with E-state index in [9.17, 15) is 0 Å². The maximum Gasteiger partial charge on any atom is 0.229 e. The van der Waals surface area contributed by atoms with Crippen LogP contribution in [0, 0.1) is 0 Å². The first kappa shape index (κ1) is 18.3. The van der Waals surface area contributed by atoms with Crippen molar-refractivity contribution < 1.29 is 0 Å². The molecule has 6 nitrogen and oxygen atoms in total. The lowest BCUT2D eigenvalue weighted by atomic mass is 10.1. The van der Waals surface area contributed by atoms with E-state index in [2.05, 4.69) is 45.8 Å². The third kappa shape index (κ3) is 4.77. The van der Waals surface area contributed by atoms with Crippen LogP contribution < -0.4 is 16.0 Å². The lowest BCUT2D eigenvalue weighted by molar-refractivity contribution is 0.704. The predicted octanol–water partition coefficient (Wildman–Crippen LogP) is 4.01. The molecule has 0 atom stereocenters. The molecule has 0 aliphatic heterocycles. The van der Waals surface area contributed by atoms with Crippen LogP contribution in [0.15, 0.2) is 59.3 Å². The van der Waals surface area contributed by atoms with Crippen molar-refractivity contribution in [3.63, 3.8) is 0 Å². The highest BCUT2D eigenvalue weighted by Crippen LogP contribution is 2.29. The van der Waals surface area contributed by atoms with Crippen molar-refractivity contribution in [2.24, 2.45) is 0 Å². The van der Waals surface area contributed by atoms with Crippen molar-refractivity contribution in [1.82, 2.24) is 14.3 Å². The van der Waals surface area contributed by atoms with Gasteiger partial charge in [0.15, 0.2) is 0 Å². The molecule has 1 heterocycles. The van der Waals surface area contributed by atoms with Gasteiger partial charge >= 0.3 is 0 Å². The van der Waals surface area contributed by atoms with Crippen molar-refractivity contribution >= 4 is 35.1 Å². The van der Waals surface area contributed by atoms with Crippen LogP contribution in [0.2, 0.25) is 0 Å². The summed E-state index contributed by atoms with van der Waals surface area (Å²) in [5.41, 5.74) is 8.56. The fourth-order valence-electron chi connectivity index (χ4n) is 2.62. The predicted molar refractivity (Wildman–Crippen MR) is 111 cm³/mol. The molecule has 2 aromatic rings. The molecule has 0 saturated heterocycles. The van der Waals surface area contributed by atoms with Crippen LogP contribution in [0.5, 0.6) is 0 Å². The van der Waals surface area contributed by atoms with E-state index in [-0.39, 0.29) is 0 Å². The van der Waals surface area contributed by atoms with E-state index in [1.807, 2.05) is 42.3 Å². The summed E-state index contributed by atoms with van der Waals surface area (Å²) in [6.45, 7) is 0. The van der Waals surface area contributed by atoms with Crippen LogP contribution in [-0.4, -0.2) is 35.4 Å². The number of hydrogen-bond donors (Lipinski definition) is 2. The van der Waals surface area contributed by atoms with Crippen LogP contribution in [-0.2, 0) is 0 Å². The Morgan fingerprint density at radius 3 is 2.62 bits per heavy atom. The van der Waals surface area contributed by atoms with Gasteiger partial charge in [-0.1, -0.05) is 6.08 Å². The molecule has 1 aromatic heterocycles. The van der Waals surface area contributed by atoms with Crippen molar-refractivity contribution in [3.8, 4) is 0 Å². The van der Waals surface area contributed by atoms with Crippen molar-refractivity contribution in [1.29, 1.82) is 0 Å². The van der Waals surface area contributed by atoms with Crippen LogP contribution in [0.25, 0.3) is 0 Å². The lowest BCUT2D eigenvalue weighted by Crippen LogP contribution is -2.13. The summed E-state index contributed by atoms with van der Waals surface area (Å²) in [6, 6.07) is 9.60. The zero-order valence-electron chi connectivity index (χ0n) is 15.3. The van der Waals surface area contributed by atoms with Gasteiger partial charge in [-0.3, -0.25) is 4.31 Å². The molecular formula is C19H24N6S. The Labute approximate surface area is 158 Å². The fourth-order valence-corrected chi connectivity index (χ4v) is 3.48. The number of aromatic nitrogens is 2. The maximum absolute atomic E-state index is 5.76. The Morgan fingerprint density at radius 1 is 1.12 bits per heavy atom. The van der Waals surface area contributed by atoms with Crippen molar-refractivity contribution in [2.75, 3.05) is 37.1 Å². The average molecular weight is 369 g/mol.